The zero-order valence-corrected chi connectivity index (χ0v) is 9.14. The van der Waals surface area contributed by atoms with Gasteiger partial charge in [0.15, 0.2) is 5.85 Å². The van der Waals surface area contributed by atoms with Gasteiger partial charge in [-0.05, 0) is 13.8 Å². The second-order valence-corrected chi connectivity index (χ2v) is 4.90. The van der Waals surface area contributed by atoms with E-state index < -0.39 is 13.4 Å². The van der Waals surface area contributed by atoms with Crippen LogP contribution in [0.3, 0.4) is 0 Å². The quantitative estimate of drug-likeness (QED) is 0.556. The first-order valence-corrected chi connectivity index (χ1v) is 5.81. The molecule has 0 saturated carbocycles. The Morgan fingerprint density at radius 3 is 2.40 bits per heavy atom. The molecule has 0 aliphatic rings. The van der Waals surface area contributed by atoms with E-state index in [1.165, 1.54) is 6.92 Å². The van der Waals surface area contributed by atoms with E-state index in [4.69, 9.17) is 9.79 Å². The Kier molecular flexibility index (Phi) is 3.16. The summed E-state index contributed by atoms with van der Waals surface area (Å²) in [5, 5.41) is 18.8. The fourth-order valence-electron chi connectivity index (χ4n) is 1.17. The Labute approximate surface area is 86.4 Å². The molecule has 0 fully saturated rings. The molecule has 0 aromatic carbocycles. The number of aliphatic hydroxyl groups is 1. The molecule has 0 bridgehead atoms. The number of aromatic hydroxyl groups is 1. The fourth-order valence-corrected chi connectivity index (χ4v) is 1.80. The predicted octanol–water partition coefficient (Wildman–Crippen LogP) is 0.573. The van der Waals surface area contributed by atoms with Crippen molar-refractivity contribution in [3.63, 3.8) is 0 Å². The van der Waals surface area contributed by atoms with Crippen molar-refractivity contribution < 1.29 is 24.6 Å². The highest BCUT2D eigenvalue weighted by Crippen LogP contribution is 2.51. The molecule has 1 aromatic heterocycles. The second-order valence-electron chi connectivity index (χ2n) is 3.24. The van der Waals surface area contributed by atoms with Crippen LogP contribution in [0.2, 0.25) is 0 Å². The summed E-state index contributed by atoms with van der Waals surface area (Å²) < 4.78 is 10.8. The summed E-state index contributed by atoms with van der Waals surface area (Å²) in [6.45, 7) is 3.01. The summed E-state index contributed by atoms with van der Waals surface area (Å²) in [6, 6.07) is 0. The van der Waals surface area contributed by atoms with E-state index in [0.29, 0.717) is 5.69 Å². The van der Waals surface area contributed by atoms with Gasteiger partial charge in [-0.3, -0.25) is 9.55 Å². The van der Waals surface area contributed by atoms with Crippen molar-refractivity contribution in [3.05, 3.63) is 23.0 Å². The minimum absolute atomic E-state index is 0.0635. The van der Waals surface area contributed by atoms with Gasteiger partial charge in [0.2, 0.25) is 0 Å². The maximum absolute atomic E-state index is 10.8. The number of hydrogen-bond acceptors (Lipinski definition) is 4. The second kappa shape index (κ2) is 3.90. The zero-order chi connectivity index (χ0) is 11.8. The van der Waals surface area contributed by atoms with Gasteiger partial charge < -0.3 is 20.0 Å². The van der Waals surface area contributed by atoms with Gasteiger partial charge >= 0.3 is 7.60 Å². The molecule has 0 aliphatic heterocycles. The lowest BCUT2D eigenvalue weighted by molar-refractivity contribution is 0.204. The number of pyridine rings is 1. The molecule has 1 unspecified atom stereocenters. The lowest BCUT2D eigenvalue weighted by Crippen LogP contribution is -2.03. The Morgan fingerprint density at radius 1 is 1.40 bits per heavy atom. The third kappa shape index (κ3) is 2.35. The van der Waals surface area contributed by atoms with Gasteiger partial charge in [0.05, 0.1) is 5.69 Å². The van der Waals surface area contributed by atoms with Gasteiger partial charge in [0.25, 0.3) is 0 Å². The Morgan fingerprint density at radius 2 is 1.93 bits per heavy atom. The first-order chi connectivity index (χ1) is 6.75. The third-order valence-corrected chi connectivity index (χ3v) is 3.04. The molecule has 0 aliphatic carbocycles. The number of aliphatic hydroxyl groups excluding tert-OH is 1. The molecule has 0 saturated heterocycles. The first kappa shape index (κ1) is 12.1. The monoisotopic (exact) mass is 233 g/mol. The van der Waals surface area contributed by atoms with Gasteiger partial charge in [-0.1, -0.05) is 0 Å². The van der Waals surface area contributed by atoms with Crippen molar-refractivity contribution in [2.75, 3.05) is 0 Å². The van der Waals surface area contributed by atoms with E-state index in [0.717, 1.165) is 6.20 Å². The van der Waals surface area contributed by atoms with E-state index >= 15 is 0 Å². The highest BCUT2D eigenvalue weighted by atomic mass is 31.2. The number of aromatic nitrogens is 1. The van der Waals surface area contributed by atoms with Crippen LogP contribution < -0.4 is 0 Å². The minimum atomic E-state index is -4.64. The van der Waals surface area contributed by atoms with Crippen LogP contribution >= 0.6 is 7.60 Å². The highest BCUT2D eigenvalue weighted by molar-refractivity contribution is 7.51. The number of aryl methyl sites for hydroxylation is 1. The standard InChI is InChI=1S/C8H12NO5P/c1-4-6(8(11)15(12,13)14)3-9-5(2)7(4)10/h3,8,10-11H,1-2H3,(H2,12,13,14). The molecule has 4 N–H and O–H groups in total. The van der Waals surface area contributed by atoms with Crippen molar-refractivity contribution in [2.45, 2.75) is 19.7 Å². The van der Waals surface area contributed by atoms with Crippen LogP contribution in [0.25, 0.3) is 0 Å². The van der Waals surface area contributed by atoms with Crippen LogP contribution in [-0.2, 0) is 4.57 Å². The molecular weight excluding hydrogens is 221 g/mol. The summed E-state index contributed by atoms with van der Waals surface area (Å²) in [5.41, 5.74) is 0.499. The van der Waals surface area contributed by atoms with Crippen molar-refractivity contribution in [3.8, 4) is 5.75 Å². The molecule has 0 amide bonds. The van der Waals surface area contributed by atoms with Gasteiger partial charge in [-0.25, -0.2) is 0 Å². The summed E-state index contributed by atoms with van der Waals surface area (Å²) in [6.07, 6.45) is 1.15. The maximum atomic E-state index is 10.8. The summed E-state index contributed by atoms with van der Waals surface area (Å²) in [7, 11) is -4.64. The molecule has 6 nitrogen and oxygen atoms in total. The lowest BCUT2D eigenvalue weighted by Gasteiger charge is -2.15. The molecule has 84 valence electrons. The van der Waals surface area contributed by atoms with E-state index in [1.807, 2.05) is 0 Å². The van der Waals surface area contributed by atoms with Gasteiger partial charge in [-0.2, -0.15) is 0 Å². The Bertz CT molecular complexity index is 427. The van der Waals surface area contributed by atoms with Crippen molar-refractivity contribution >= 4 is 7.60 Å². The number of rotatable bonds is 2. The average molecular weight is 233 g/mol. The molecule has 0 radical (unpaired) electrons. The van der Waals surface area contributed by atoms with E-state index in [1.54, 1.807) is 6.92 Å². The molecule has 7 heteroatoms. The Balaban J connectivity index is 3.29. The summed E-state index contributed by atoms with van der Waals surface area (Å²) >= 11 is 0. The smallest absolute Gasteiger partial charge is 0.358 e. The molecule has 0 spiro atoms. The molecule has 15 heavy (non-hydrogen) atoms. The normalized spacial score (nSPS) is 13.9. The minimum Gasteiger partial charge on any atom is -0.506 e. The molecule has 1 heterocycles. The van der Waals surface area contributed by atoms with Crippen LogP contribution in [0, 0.1) is 13.8 Å². The fraction of sp³-hybridized carbons (Fsp3) is 0.375. The van der Waals surface area contributed by atoms with E-state index in [9.17, 15) is 14.8 Å². The van der Waals surface area contributed by atoms with Crippen molar-refractivity contribution in [1.82, 2.24) is 4.98 Å². The number of nitrogens with zero attached hydrogens (tertiary/aromatic N) is 1. The van der Waals surface area contributed by atoms with Crippen LogP contribution in [0.15, 0.2) is 6.20 Å². The van der Waals surface area contributed by atoms with Gasteiger partial charge in [0, 0.05) is 17.3 Å². The van der Waals surface area contributed by atoms with Gasteiger partial charge in [-0.15, -0.1) is 0 Å². The molecule has 1 aromatic rings. The third-order valence-electron chi connectivity index (χ3n) is 2.12. The highest BCUT2D eigenvalue weighted by Gasteiger charge is 2.30. The predicted molar refractivity (Wildman–Crippen MR) is 52.4 cm³/mol. The first-order valence-electron chi connectivity index (χ1n) is 4.13. The lowest BCUT2D eigenvalue weighted by atomic mass is 10.1. The summed E-state index contributed by atoms with van der Waals surface area (Å²) in [5.74, 6) is -2.11. The van der Waals surface area contributed by atoms with Crippen LogP contribution in [0.5, 0.6) is 5.75 Å². The summed E-state index contributed by atoms with van der Waals surface area (Å²) in [4.78, 5) is 21.3. The topological polar surface area (TPSA) is 111 Å². The molecule has 1 rings (SSSR count). The average Bonchev–Trinajstić information content (AvgIpc) is 2.12. The van der Waals surface area contributed by atoms with E-state index in [2.05, 4.69) is 4.98 Å². The maximum Gasteiger partial charge on any atom is 0.358 e. The SMILES string of the molecule is Cc1ncc(C(O)P(=O)(O)O)c(C)c1O. The Hall–Kier alpha value is -0.940. The molecule has 1 atom stereocenters. The van der Waals surface area contributed by atoms with Crippen molar-refractivity contribution in [1.29, 1.82) is 0 Å². The van der Waals surface area contributed by atoms with Gasteiger partial charge in [0.1, 0.15) is 5.75 Å². The zero-order valence-electron chi connectivity index (χ0n) is 8.25. The largest absolute Gasteiger partial charge is 0.506 e. The van der Waals surface area contributed by atoms with Crippen LogP contribution in [0.4, 0.5) is 0 Å². The molecular formula is C8H12NO5P. The van der Waals surface area contributed by atoms with Crippen molar-refractivity contribution in [2.24, 2.45) is 0 Å². The van der Waals surface area contributed by atoms with E-state index in [-0.39, 0.29) is 16.9 Å². The number of hydrogen-bond donors (Lipinski definition) is 4. The van der Waals surface area contributed by atoms with Crippen LogP contribution in [-0.4, -0.2) is 25.0 Å². The van der Waals surface area contributed by atoms with Crippen LogP contribution in [0.1, 0.15) is 22.7 Å².